The van der Waals surface area contributed by atoms with Crippen molar-refractivity contribution >= 4 is 5.82 Å². The molecule has 8 nitrogen and oxygen atoms in total. The third-order valence-corrected chi connectivity index (χ3v) is 6.53. The van der Waals surface area contributed by atoms with Crippen LogP contribution >= 0.6 is 0 Å². The maximum atomic E-state index is 5.55. The summed E-state index contributed by atoms with van der Waals surface area (Å²) in [5, 5.41) is 14.5. The van der Waals surface area contributed by atoms with E-state index in [-0.39, 0.29) is 0 Å². The largest absolute Gasteiger partial charge is 0.381 e. The van der Waals surface area contributed by atoms with Crippen LogP contribution in [0.2, 0.25) is 0 Å². The summed E-state index contributed by atoms with van der Waals surface area (Å²) in [4.78, 5) is 10.1. The number of hydrogen-bond acceptors (Lipinski definition) is 8. The Morgan fingerprint density at radius 1 is 1.00 bits per heavy atom. The molecule has 0 unspecified atom stereocenters. The molecule has 0 radical (unpaired) electrons. The van der Waals surface area contributed by atoms with Gasteiger partial charge in [-0.2, -0.15) is 0 Å². The Bertz CT molecular complexity index is 1100. The third kappa shape index (κ3) is 5.29. The molecule has 182 valence electrons. The van der Waals surface area contributed by atoms with Crippen LogP contribution in [0, 0.1) is 27.7 Å². The van der Waals surface area contributed by atoms with Gasteiger partial charge in [0.25, 0.3) is 0 Å². The van der Waals surface area contributed by atoms with E-state index in [9.17, 15) is 0 Å². The number of hydrogen-bond donors (Lipinski definition) is 3. The van der Waals surface area contributed by atoms with Crippen LogP contribution in [0.25, 0.3) is 22.6 Å². The molecule has 0 bridgehead atoms. The predicted octanol–water partition coefficient (Wildman–Crippen LogP) is 3.93. The Labute approximate surface area is 201 Å². The zero-order chi connectivity index (χ0) is 24.1. The summed E-state index contributed by atoms with van der Waals surface area (Å²) in [6.07, 6.45) is 1.93. The molecule has 3 aromatic rings. The van der Waals surface area contributed by atoms with Gasteiger partial charge in [0.2, 0.25) is 0 Å². The molecular weight excluding hydrogens is 428 g/mol. The van der Waals surface area contributed by atoms with Gasteiger partial charge >= 0.3 is 0 Å². The molecule has 4 rings (SSSR count). The topological polar surface area (TPSA) is 97.1 Å². The predicted molar refractivity (Wildman–Crippen MR) is 135 cm³/mol. The normalized spacial score (nSPS) is 14.5. The van der Waals surface area contributed by atoms with Gasteiger partial charge in [0, 0.05) is 50.0 Å². The Balaban J connectivity index is 1.76. The van der Waals surface area contributed by atoms with E-state index in [1.165, 1.54) is 11.1 Å². The first-order chi connectivity index (χ1) is 16.5. The van der Waals surface area contributed by atoms with Crippen molar-refractivity contribution in [3.05, 3.63) is 46.3 Å². The van der Waals surface area contributed by atoms with Gasteiger partial charge in [-0.25, -0.2) is 9.97 Å². The van der Waals surface area contributed by atoms with E-state index in [0.29, 0.717) is 11.9 Å². The fraction of sp³-hybridized carbons (Fsp3) is 0.500. The van der Waals surface area contributed by atoms with Gasteiger partial charge < -0.3 is 25.2 Å². The summed E-state index contributed by atoms with van der Waals surface area (Å²) in [5.41, 5.74) is 7.12. The monoisotopic (exact) mass is 464 g/mol. The highest BCUT2D eigenvalue weighted by Gasteiger charge is 2.23. The number of likely N-dealkylation sites (N-methyl/N-ethyl adjacent to an activating group) is 1. The van der Waals surface area contributed by atoms with Crippen molar-refractivity contribution in [3.8, 4) is 22.6 Å². The molecule has 3 heterocycles. The van der Waals surface area contributed by atoms with Gasteiger partial charge in [-0.05, 0) is 58.7 Å². The third-order valence-electron chi connectivity index (χ3n) is 6.53. The highest BCUT2D eigenvalue weighted by molar-refractivity contribution is 5.75. The summed E-state index contributed by atoms with van der Waals surface area (Å²) in [6.45, 7) is 12.3. The van der Waals surface area contributed by atoms with Gasteiger partial charge in [-0.3, -0.25) is 0 Å². The van der Waals surface area contributed by atoms with Gasteiger partial charge in [-0.1, -0.05) is 23.4 Å². The van der Waals surface area contributed by atoms with Crippen LogP contribution in [0.15, 0.2) is 22.7 Å². The highest BCUT2D eigenvalue weighted by Crippen LogP contribution is 2.34. The van der Waals surface area contributed by atoms with Crippen molar-refractivity contribution in [1.82, 2.24) is 25.8 Å². The number of ether oxygens (including phenoxy) is 1. The van der Waals surface area contributed by atoms with E-state index in [4.69, 9.17) is 19.2 Å². The number of aryl methyl sites for hydroxylation is 2. The first kappa shape index (κ1) is 24.3. The Morgan fingerprint density at radius 3 is 2.50 bits per heavy atom. The van der Waals surface area contributed by atoms with E-state index in [2.05, 4.69) is 53.2 Å². The molecule has 0 spiro atoms. The van der Waals surface area contributed by atoms with E-state index >= 15 is 0 Å². The molecule has 1 fully saturated rings. The fourth-order valence-corrected chi connectivity index (χ4v) is 4.43. The van der Waals surface area contributed by atoms with Gasteiger partial charge in [0.1, 0.15) is 11.6 Å². The molecular formula is C26H36N6O2. The molecule has 3 N–H and O–H groups in total. The number of benzene rings is 1. The zero-order valence-corrected chi connectivity index (χ0v) is 20.9. The van der Waals surface area contributed by atoms with Gasteiger partial charge in [-0.15, -0.1) is 0 Å². The molecule has 0 aliphatic carbocycles. The van der Waals surface area contributed by atoms with Crippen LogP contribution < -0.4 is 16.0 Å². The number of anilines is 1. The molecule has 1 aliphatic heterocycles. The van der Waals surface area contributed by atoms with Crippen molar-refractivity contribution in [2.45, 2.75) is 53.1 Å². The Kier molecular flexibility index (Phi) is 7.92. The second-order valence-corrected chi connectivity index (χ2v) is 8.97. The summed E-state index contributed by atoms with van der Waals surface area (Å²) in [5.74, 6) is 2.34. The quantitative estimate of drug-likeness (QED) is 0.410. The van der Waals surface area contributed by atoms with E-state index in [0.717, 1.165) is 85.3 Å². The van der Waals surface area contributed by atoms with Crippen molar-refractivity contribution in [3.63, 3.8) is 0 Å². The summed E-state index contributed by atoms with van der Waals surface area (Å²) in [7, 11) is 1.96. The molecule has 0 saturated carbocycles. The average molecular weight is 465 g/mol. The highest BCUT2D eigenvalue weighted by atomic mass is 16.5. The second-order valence-electron chi connectivity index (χ2n) is 8.97. The van der Waals surface area contributed by atoms with Crippen LogP contribution in [-0.4, -0.2) is 54.5 Å². The minimum atomic E-state index is 0.330. The second kappa shape index (κ2) is 11.1. The summed E-state index contributed by atoms with van der Waals surface area (Å²) >= 11 is 0. The molecule has 0 atom stereocenters. The molecule has 1 aliphatic rings. The smallest absolute Gasteiger partial charge is 0.162 e. The first-order valence-electron chi connectivity index (χ1n) is 12.1. The van der Waals surface area contributed by atoms with Crippen LogP contribution in [0.5, 0.6) is 0 Å². The van der Waals surface area contributed by atoms with Crippen LogP contribution in [-0.2, 0) is 11.3 Å². The van der Waals surface area contributed by atoms with E-state index < -0.39 is 0 Å². The lowest BCUT2D eigenvalue weighted by Gasteiger charge is -2.25. The Morgan fingerprint density at radius 2 is 1.79 bits per heavy atom. The number of nitrogens with zero attached hydrogens (tertiary/aromatic N) is 3. The van der Waals surface area contributed by atoms with Crippen LogP contribution in [0.1, 0.15) is 41.0 Å². The lowest BCUT2D eigenvalue weighted by Crippen LogP contribution is -2.28. The summed E-state index contributed by atoms with van der Waals surface area (Å²) in [6, 6.07) is 6.68. The fourth-order valence-electron chi connectivity index (χ4n) is 4.43. The van der Waals surface area contributed by atoms with E-state index in [1.807, 2.05) is 20.9 Å². The van der Waals surface area contributed by atoms with Crippen LogP contribution in [0.4, 0.5) is 5.82 Å². The van der Waals surface area contributed by atoms with Gasteiger partial charge in [0.05, 0.1) is 17.0 Å². The lowest BCUT2D eigenvalue weighted by molar-refractivity contribution is 0.0904. The molecule has 0 amide bonds. The van der Waals surface area contributed by atoms with Crippen molar-refractivity contribution in [1.29, 1.82) is 0 Å². The average Bonchev–Trinajstić information content (AvgIpc) is 3.17. The van der Waals surface area contributed by atoms with Crippen molar-refractivity contribution < 1.29 is 9.26 Å². The van der Waals surface area contributed by atoms with Crippen molar-refractivity contribution in [2.75, 3.05) is 38.7 Å². The number of rotatable bonds is 9. The first-order valence-corrected chi connectivity index (χ1v) is 12.1. The molecule has 8 heteroatoms. The molecule has 2 aromatic heterocycles. The number of aromatic nitrogens is 3. The standard InChI is InChI=1S/C26H36N6O2/c1-16-20(15-28-12-11-27-5)7-6-8-22(16)26-30-24(23-18(3)32-34-19(23)4)17(2)25(31-26)29-21-9-13-33-14-10-21/h6-8,21,27-28H,9-15H2,1-5H3,(H,29,30,31). The molecule has 34 heavy (non-hydrogen) atoms. The SMILES string of the molecule is CNCCNCc1cccc(-c2nc(NC3CCOCC3)c(C)c(-c3c(C)noc3C)n2)c1C. The maximum absolute atomic E-state index is 5.55. The zero-order valence-electron chi connectivity index (χ0n) is 20.9. The van der Waals surface area contributed by atoms with Crippen LogP contribution in [0.3, 0.4) is 0 Å². The lowest BCUT2D eigenvalue weighted by atomic mass is 10.00. The van der Waals surface area contributed by atoms with Crippen molar-refractivity contribution in [2.24, 2.45) is 0 Å². The maximum Gasteiger partial charge on any atom is 0.162 e. The molecule has 1 aromatic carbocycles. The number of nitrogens with one attached hydrogen (secondary N) is 3. The Hall–Kier alpha value is -2.81. The molecule has 1 saturated heterocycles. The minimum absolute atomic E-state index is 0.330. The van der Waals surface area contributed by atoms with Gasteiger partial charge in [0.15, 0.2) is 5.82 Å². The summed E-state index contributed by atoms with van der Waals surface area (Å²) < 4.78 is 11.0. The minimum Gasteiger partial charge on any atom is -0.381 e. The van der Waals surface area contributed by atoms with E-state index in [1.54, 1.807) is 0 Å².